The predicted octanol–water partition coefficient (Wildman–Crippen LogP) is 4.29. The van der Waals surface area contributed by atoms with Gasteiger partial charge in [-0.1, -0.05) is 38.5 Å². The van der Waals surface area contributed by atoms with Crippen molar-refractivity contribution < 1.29 is 9.15 Å². The zero-order valence-electron chi connectivity index (χ0n) is 12.7. The average molecular weight is 275 g/mol. The fourth-order valence-corrected chi connectivity index (χ4v) is 2.64. The maximum absolute atomic E-state index is 6.01. The van der Waals surface area contributed by atoms with E-state index in [4.69, 9.17) is 9.15 Å². The first-order valence-electron chi connectivity index (χ1n) is 7.63. The molecule has 0 spiro atoms. The van der Waals surface area contributed by atoms with Gasteiger partial charge in [-0.15, -0.1) is 0 Å². The van der Waals surface area contributed by atoms with Gasteiger partial charge in [-0.3, -0.25) is 0 Å². The van der Waals surface area contributed by atoms with E-state index in [0.717, 1.165) is 42.7 Å². The van der Waals surface area contributed by atoms with Crippen LogP contribution in [0.2, 0.25) is 0 Å². The highest BCUT2D eigenvalue weighted by atomic mass is 16.5. The van der Waals surface area contributed by atoms with E-state index in [2.05, 4.69) is 31.3 Å². The van der Waals surface area contributed by atoms with Gasteiger partial charge in [-0.2, -0.15) is 0 Å². The summed E-state index contributed by atoms with van der Waals surface area (Å²) in [5.41, 5.74) is 0.942. The van der Waals surface area contributed by atoms with Gasteiger partial charge in [0.1, 0.15) is 11.3 Å². The lowest BCUT2D eigenvalue weighted by molar-refractivity contribution is 0.0229. The molecule has 0 aliphatic carbocycles. The van der Waals surface area contributed by atoms with E-state index >= 15 is 0 Å². The molecule has 1 N–H and O–H groups in total. The van der Waals surface area contributed by atoms with Crippen LogP contribution >= 0.6 is 0 Å². The van der Waals surface area contributed by atoms with Crippen LogP contribution in [0, 0.1) is 0 Å². The molecule has 3 nitrogen and oxygen atoms in total. The Morgan fingerprint density at radius 1 is 1.20 bits per heavy atom. The standard InChI is InChI=1S/C17H25NO2/c1-4-9-15(19-6-3)17(18-5-2)16-12-13-10-7-8-11-14(13)20-16/h7-8,10-12,15,17-18H,4-6,9H2,1-3H3. The van der Waals surface area contributed by atoms with Crippen molar-refractivity contribution in [3.05, 3.63) is 36.1 Å². The molecule has 0 aliphatic rings. The van der Waals surface area contributed by atoms with Gasteiger partial charge >= 0.3 is 0 Å². The van der Waals surface area contributed by atoms with Crippen molar-refractivity contribution in [2.24, 2.45) is 0 Å². The molecule has 0 bridgehead atoms. The summed E-state index contributed by atoms with van der Waals surface area (Å²) in [6.45, 7) is 7.98. The second-order valence-corrected chi connectivity index (χ2v) is 5.00. The van der Waals surface area contributed by atoms with Crippen molar-refractivity contribution in [1.29, 1.82) is 0 Å². The highest BCUT2D eigenvalue weighted by Crippen LogP contribution is 2.28. The van der Waals surface area contributed by atoms with Crippen molar-refractivity contribution in [3.8, 4) is 0 Å². The number of para-hydroxylation sites is 1. The molecule has 0 saturated heterocycles. The normalized spacial score (nSPS) is 14.6. The van der Waals surface area contributed by atoms with E-state index in [0.29, 0.717) is 0 Å². The Balaban J connectivity index is 2.29. The smallest absolute Gasteiger partial charge is 0.134 e. The van der Waals surface area contributed by atoms with Gasteiger partial charge in [-0.25, -0.2) is 0 Å². The molecular formula is C17H25NO2. The topological polar surface area (TPSA) is 34.4 Å². The van der Waals surface area contributed by atoms with Gasteiger partial charge in [0, 0.05) is 12.0 Å². The van der Waals surface area contributed by atoms with Gasteiger partial charge in [0.2, 0.25) is 0 Å². The van der Waals surface area contributed by atoms with Crippen LogP contribution < -0.4 is 5.32 Å². The Morgan fingerprint density at radius 3 is 2.65 bits per heavy atom. The molecule has 0 amide bonds. The molecule has 0 radical (unpaired) electrons. The Labute approximate surface area is 121 Å². The SMILES string of the molecule is CCCC(OCC)C(NCC)c1cc2ccccc2o1. The van der Waals surface area contributed by atoms with E-state index in [1.165, 1.54) is 0 Å². The molecule has 1 aromatic carbocycles. The number of ether oxygens (including phenoxy) is 1. The first kappa shape index (κ1) is 15.1. The number of benzene rings is 1. The number of fused-ring (bicyclic) bond motifs is 1. The lowest BCUT2D eigenvalue weighted by atomic mass is 10.0. The summed E-state index contributed by atoms with van der Waals surface area (Å²) in [5.74, 6) is 0.972. The maximum atomic E-state index is 6.01. The van der Waals surface area contributed by atoms with E-state index < -0.39 is 0 Å². The average Bonchev–Trinajstić information content (AvgIpc) is 2.88. The molecule has 0 aliphatic heterocycles. The third-order valence-corrected chi connectivity index (χ3v) is 3.50. The number of hydrogen-bond acceptors (Lipinski definition) is 3. The lowest BCUT2D eigenvalue weighted by Gasteiger charge is -2.25. The molecule has 1 heterocycles. The van der Waals surface area contributed by atoms with Gasteiger partial charge in [0.15, 0.2) is 0 Å². The molecule has 2 atom stereocenters. The number of rotatable bonds is 8. The molecule has 2 unspecified atom stereocenters. The van der Waals surface area contributed by atoms with Crippen LogP contribution in [0.1, 0.15) is 45.4 Å². The van der Waals surface area contributed by atoms with Crippen LogP contribution in [0.25, 0.3) is 11.0 Å². The van der Waals surface area contributed by atoms with Crippen LogP contribution in [0.15, 0.2) is 34.7 Å². The van der Waals surface area contributed by atoms with E-state index in [-0.39, 0.29) is 12.1 Å². The van der Waals surface area contributed by atoms with Crippen LogP contribution in [0.5, 0.6) is 0 Å². The summed E-state index contributed by atoms with van der Waals surface area (Å²) >= 11 is 0. The summed E-state index contributed by atoms with van der Waals surface area (Å²) < 4.78 is 11.9. The first-order valence-corrected chi connectivity index (χ1v) is 7.63. The summed E-state index contributed by atoms with van der Waals surface area (Å²) in [4.78, 5) is 0. The second kappa shape index (κ2) is 7.46. The third kappa shape index (κ3) is 3.41. The van der Waals surface area contributed by atoms with Crippen molar-refractivity contribution >= 4 is 11.0 Å². The van der Waals surface area contributed by atoms with Gasteiger partial charge in [0.05, 0.1) is 12.1 Å². The summed E-state index contributed by atoms with van der Waals surface area (Å²) in [6, 6.07) is 10.4. The molecular weight excluding hydrogens is 250 g/mol. The predicted molar refractivity (Wildman–Crippen MR) is 83.0 cm³/mol. The van der Waals surface area contributed by atoms with Crippen molar-refractivity contribution in [2.75, 3.05) is 13.2 Å². The number of nitrogens with one attached hydrogen (secondary N) is 1. The summed E-state index contributed by atoms with van der Waals surface area (Å²) in [5, 5.41) is 4.66. The maximum Gasteiger partial charge on any atom is 0.134 e. The molecule has 110 valence electrons. The van der Waals surface area contributed by atoms with Gasteiger partial charge in [-0.05, 0) is 32.0 Å². The molecule has 2 aromatic rings. The van der Waals surface area contributed by atoms with E-state index in [9.17, 15) is 0 Å². The van der Waals surface area contributed by atoms with Crippen LogP contribution in [0.4, 0.5) is 0 Å². The Morgan fingerprint density at radius 2 is 2.00 bits per heavy atom. The number of hydrogen-bond donors (Lipinski definition) is 1. The quantitative estimate of drug-likeness (QED) is 0.780. The Bertz CT molecular complexity index is 481. The lowest BCUT2D eigenvalue weighted by Crippen LogP contribution is -2.33. The highest BCUT2D eigenvalue weighted by molar-refractivity contribution is 5.77. The largest absolute Gasteiger partial charge is 0.459 e. The molecule has 0 fully saturated rings. The fourth-order valence-electron chi connectivity index (χ4n) is 2.64. The van der Waals surface area contributed by atoms with Gasteiger partial charge in [0.25, 0.3) is 0 Å². The van der Waals surface area contributed by atoms with Gasteiger partial charge < -0.3 is 14.5 Å². The number of likely N-dealkylation sites (N-methyl/N-ethyl adjacent to an activating group) is 1. The minimum atomic E-state index is 0.118. The van der Waals surface area contributed by atoms with Crippen molar-refractivity contribution in [2.45, 2.75) is 45.8 Å². The molecule has 3 heteroatoms. The Hall–Kier alpha value is -1.32. The molecule has 2 rings (SSSR count). The monoisotopic (exact) mass is 275 g/mol. The first-order chi connectivity index (χ1) is 9.80. The Kier molecular flexibility index (Phi) is 5.62. The minimum absolute atomic E-state index is 0.118. The fraction of sp³-hybridized carbons (Fsp3) is 0.529. The van der Waals surface area contributed by atoms with Crippen LogP contribution in [-0.2, 0) is 4.74 Å². The zero-order chi connectivity index (χ0) is 14.4. The van der Waals surface area contributed by atoms with Crippen LogP contribution in [0.3, 0.4) is 0 Å². The second-order valence-electron chi connectivity index (χ2n) is 5.00. The van der Waals surface area contributed by atoms with Crippen LogP contribution in [-0.4, -0.2) is 19.3 Å². The highest BCUT2D eigenvalue weighted by Gasteiger charge is 2.25. The molecule has 0 saturated carbocycles. The van der Waals surface area contributed by atoms with E-state index in [1.54, 1.807) is 0 Å². The minimum Gasteiger partial charge on any atom is -0.459 e. The van der Waals surface area contributed by atoms with E-state index in [1.807, 2.05) is 25.1 Å². The third-order valence-electron chi connectivity index (χ3n) is 3.50. The zero-order valence-corrected chi connectivity index (χ0v) is 12.7. The molecule has 20 heavy (non-hydrogen) atoms. The summed E-state index contributed by atoms with van der Waals surface area (Å²) in [6.07, 6.45) is 2.29. The van der Waals surface area contributed by atoms with Crippen molar-refractivity contribution in [1.82, 2.24) is 5.32 Å². The number of furan rings is 1. The summed E-state index contributed by atoms with van der Waals surface area (Å²) in [7, 11) is 0. The molecule has 1 aromatic heterocycles. The van der Waals surface area contributed by atoms with Crippen molar-refractivity contribution in [3.63, 3.8) is 0 Å².